The van der Waals surface area contributed by atoms with Gasteiger partial charge in [0.05, 0.1) is 14.2 Å². The van der Waals surface area contributed by atoms with E-state index in [1.807, 2.05) is 19.1 Å². The highest BCUT2D eigenvalue weighted by molar-refractivity contribution is 5.73. The molecular formula is C15H23NO3. The van der Waals surface area contributed by atoms with Crippen molar-refractivity contribution < 1.29 is 14.3 Å². The second-order valence-electron chi connectivity index (χ2n) is 5.32. The summed E-state index contributed by atoms with van der Waals surface area (Å²) < 4.78 is 10.6. The number of methoxy groups -OCH3 is 2. The van der Waals surface area contributed by atoms with Gasteiger partial charge in [-0.2, -0.15) is 0 Å². The Labute approximate surface area is 115 Å². The molecule has 0 atom stereocenters. The zero-order valence-corrected chi connectivity index (χ0v) is 12.6. The molecule has 0 unspecified atom stereocenters. The molecule has 19 heavy (non-hydrogen) atoms. The maximum absolute atomic E-state index is 11.1. The van der Waals surface area contributed by atoms with E-state index < -0.39 is 0 Å². The molecule has 0 aliphatic carbocycles. The lowest BCUT2D eigenvalue weighted by Gasteiger charge is -2.28. The number of hydrogen-bond acceptors (Lipinski definition) is 3. The molecule has 0 radical (unpaired) electrons. The number of hydrogen-bond donors (Lipinski definition) is 1. The fourth-order valence-corrected chi connectivity index (χ4v) is 2.15. The van der Waals surface area contributed by atoms with E-state index in [0.29, 0.717) is 12.3 Å². The summed E-state index contributed by atoms with van der Waals surface area (Å²) in [5.41, 5.74) is 2.09. The molecule has 4 heteroatoms. The zero-order chi connectivity index (χ0) is 14.6. The van der Waals surface area contributed by atoms with Gasteiger partial charge >= 0.3 is 0 Å². The summed E-state index contributed by atoms with van der Waals surface area (Å²) in [6.07, 6.45) is 0. The number of aryl methyl sites for hydroxylation is 1. The molecule has 0 heterocycles. The van der Waals surface area contributed by atoms with Crippen LogP contribution in [0.2, 0.25) is 0 Å². The second kappa shape index (κ2) is 5.95. The molecule has 0 spiro atoms. The van der Waals surface area contributed by atoms with E-state index in [4.69, 9.17) is 9.47 Å². The van der Waals surface area contributed by atoms with Crippen molar-refractivity contribution in [3.63, 3.8) is 0 Å². The van der Waals surface area contributed by atoms with Gasteiger partial charge in [0.2, 0.25) is 5.91 Å². The number of ether oxygens (including phenoxy) is 2. The third kappa shape index (κ3) is 3.63. The van der Waals surface area contributed by atoms with Crippen molar-refractivity contribution in [2.75, 3.05) is 20.8 Å². The number of benzene rings is 1. The van der Waals surface area contributed by atoms with Crippen molar-refractivity contribution in [3.05, 3.63) is 23.3 Å². The van der Waals surface area contributed by atoms with Crippen LogP contribution in [0.25, 0.3) is 0 Å². The summed E-state index contributed by atoms with van der Waals surface area (Å²) in [6.45, 7) is 8.33. The van der Waals surface area contributed by atoms with Crippen LogP contribution in [0.15, 0.2) is 12.1 Å². The van der Waals surface area contributed by atoms with Crippen LogP contribution in [-0.4, -0.2) is 26.7 Å². The Balaban J connectivity index is 3.14. The van der Waals surface area contributed by atoms with Gasteiger partial charge in [-0.15, -0.1) is 0 Å². The van der Waals surface area contributed by atoms with Crippen molar-refractivity contribution in [2.45, 2.75) is 33.1 Å². The Kier molecular flexibility index (Phi) is 4.81. The molecule has 0 aliphatic heterocycles. The normalized spacial score (nSPS) is 11.1. The number of rotatable bonds is 5. The Morgan fingerprint density at radius 1 is 1.21 bits per heavy atom. The van der Waals surface area contributed by atoms with Crippen LogP contribution in [0.5, 0.6) is 11.5 Å². The standard InChI is InChI=1S/C15H23NO3/c1-10-7-13(18-5)14(19-6)8-12(10)15(3,4)9-16-11(2)17/h7-8H,9H2,1-6H3,(H,16,17). The van der Waals surface area contributed by atoms with Gasteiger partial charge < -0.3 is 14.8 Å². The Morgan fingerprint density at radius 3 is 2.21 bits per heavy atom. The van der Waals surface area contributed by atoms with Gasteiger partial charge in [-0.25, -0.2) is 0 Å². The van der Waals surface area contributed by atoms with E-state index in [0.717, 1.165) is 16.9 Å². The monoisotopic (exact) mass is 265 g/mol. The lowest BCUT2D eigenvalue weighted by Crippen LogP contribution is -2.36. The maximum atomic E-state index is 11.1. The van der Waals surface area contributed by atoms with Crippen molar-refractivity contribution in [3.8, 4) is 11.5 Å². The minimum Gasteiger partial charge on any atom is -0.493 e. The third-order valence-electron chi connectivity index (χ3n) is 3.24. The lowest BCUT2D eigenvalue weighted by atomic mass is 9.81. The minimum atomic E-state index is -0.171. The molecule has 1 aromatic rings. The van der Waals surface area contributed by atoms with Crippen LogP contribution in [-0.2, 0) is 10.2 Å². The fourth-order valence-electron chi connectivity index (χ4n) is 2.15. The molecule has 106 valence electrons. The first kappa shape index (κ1) is 15.3. The number of carbonyl (C=O) groups is 1. The van der Waals surface area contributed by atoms with Crippen molar-refractivity contribution in [1.82, 2.24) is 5.32 Å². The lowest BCUT2D eigenvalue weighted by molar-refractivity contribution is -0.119. The van der Waals surface area contributed by atoms with Crippen LogP contribution in [0.4, 0.5) is 0 Å². The van der Waals surface area contributed by atoms with E-state index >= 15 is 0 Å². The van der Waals surface area contributed by atoms with Crippen molar-refractivity contribution >= 4 is 5.91 Å². The van der Waals surface area contributed by atoms with Gasteiger partial charge in [0.1, 0.15) is 0 Å². The highest BCUT2D eigenvalue weighted by atomic mass is 16.5. The Hall–Kier alpha value is -1.71. The molecule has 0 aromatic heterocycles. The third-order valence-corrected chi connectivity index (χ3v) is 3.24. The number of nitrogens with one attached hydrogen (secondary N) is 1. The largest absolute Gasteiger partial charge is 0.493 e. The van der Waals surface area contributed by atoms with E-state index in [1.54, 1.807) is 14.2 Å². The van der Waals surface area contributed by atoms with E-state index in [9.17, 15) is 4.79 Å². The topological polar surface area (TPSA) is 47.6 Å². The van der Waals surface area contributed by atoms with E-state index in [1.165, 1.54) is 6.92 Å². The number of amides is 1. The highest BCUT2D eigenvalue weighted by Crippen LogP contribution is 2.35. The summed E-state index contributed by atoms with van der Waals surface area (Å²) in [7, 11) is 3.25. The fraction of sp³-hybridized carbons (Fsp3) is 0.533. The van der Waals surface area contributed by atoms with Gasteiger partial charge in [-0.05, 0) is 30.2 Å². The van der Waals surface area contributed by atoms with Crippen LogP contribution < -0.4 is 14.8 Å². The Bertz CT molecular complexity index is 467. The zero-order valence-electron chi connectivity index (χ0n) is 12.6. The van der Waals surface area contributed by atoms with E-state index in [2.05, 4.69) is 19.2 Å². The summed E-state index contributed by atoms with van der Waals surface area (Å²) in [5.74, 6) is 1.41. The van der Waals surface area contributed by atoms with Gasteiger partial charge in [0.25, 0.3) is 0 Å². The van der Waals surface area contributed by atoms with Crippen LogP contribution in [0, 0.1) is 6.92 Å². The average molecular weight is 265 g/mol. The molecule has 0 bridgehead atoms. The van der Waals surface area contributed by atoms with E-state index in [-0.39, 0.29) is 11.3 Å². The molecule has 0 aliphatic rings. The second-order valence-corrected chi connectivity index (χ2v) is 5.32. The smallest absolute Gasteiger partial charge is 0.216 e. The quantitative estimate of drug-likeness (QED) is 0.889. The molecular weight excluding hydrogens is 242 g/mol. The minimum absolute atomic E-state index is 0.0220. The predicted octanol–water partition coefficient (Wildman–Crippen LogP) is 2.43. The first-order valence-corrected chi connectivity index (χ1v) is 6.29. The molecule has 1 amide bonds. The highest BCUT2D eigenvalue weighted by Gasteiger charge is 2.24. The number of carbonyl (C=O) groups excluding carboxylic acids is 1. The first-order valence-electron chi connectivity index (χ1n) is 6.29. The molecule has 1 N–H and O–H groups in total. The SMILES string of the molecule is COc1cc(C)c(C(C)(C)CNC(C)=O)cc1OC. The van der Waals surface area contributed by atoms with Crippen LogP contribution in [0.1, 0.15) is 31.9 Å². The molecule has 4 nitrogen and oxygen atoms in total. The predicted molar refractivity (Wildman–Crippen MR) is 76.0 cm³/mol. The molecule has 1 aromatic carbocycles. The van der Waals surface area contributed by atoms with Gasteiger partial charge in [0, 0.05) is 18.9 Å². The van der Waals surface area contributed by atoms with Gasteiger partial charge in [0.15, 0.2) is 11.5 Å². The molecule has 1 rings (SSSR count). The molecule has 0 saturated carbocycles. The first-order chi connectivity index (χ1) is 8.81. The van der Waals surface area contributed by atoms with Crippen LogP contribution >= 0.6 is 0 Å². The van der Waals surface area contributed by atoms with Crippen molar-refractivity contribution in [1.29, 1.82) is 0 Å². The summed E-state index contributed by atoms with van der Waals surface area (Å²) in [5, 5.41) is 2.87. The summed E-state index contributed by atoms with van der Waals surface area (Å²) >= 11 is 0. The Morgan fingerprint density at radius 2 is 1.74 bits per heavy atom. The molecule has 0 fully saturated rings. The van der Waals surface area contributed by atoms with Gasteiger partial charge in [-0.1, -0.05) is 13.8 Å². The maximum Gasteiger partial charge on any atom is 0.216 e. The average Bonchev–Trinajstić information content (AvgIpc) is 2.35. The summed E-state index contributed by atoms with van der Waals surface area (Å²) in [4.78, 5) is 11.1. The van der Waals surface area contributed by atoms with Crippen molar-refractivity contribution in [2.24, 2.45) is 0 Å². The summed E-state index contributed by atoms with van der Waals surface area (Å²) in [6, 6.07) is 3.94. The van der Waals surface area contributed by atoms with Crippen LogP contribution in [0.3, 0.4) is 0 Å². The molecule has 0 saturated heterocycles. The van der Waals surface area contributed by atoms with Gasteiger partial charge in [-0.3, -0.25) is 4.79 Å².